The van der Waals surface area contributed by atoms with E-state index in [1.165, 1.54) is 6.20 Å². The van der Waals surface area contributed by atoms with Gasteiger partial charge in [0.1, 0.15) is 10.8 Å². The minimum atomic E-state index is 0.231. The normalized spacial score (nSPS) is 10.0. The molecule has 0 fully saturated rings. The summed E-state index contributed by atoms with van der Waals surface area (Å²) in [7, 11) is 0. The molecule has 1 aromatic carbocycles. The maximum absolute atomic E-state index is 5.91. The number of aromatic nitrogens is 1. The van der Waals surface area contributed by atoms with E-state index in [1.54, 1.807) is 24.3 Å². The molecule has 1 aromatic heterocycles. The van der Waals surface area contributed by atoms with Crippen LogP contribution in [0.15, 0.2) is 36.5 Å². The monoisotopic (exact) mass is 238 g/mol. The molecular formula is C11H6Cl2NO. The van der Waals surface area contributed by atoms with Crippen molar-refractivity contribution in [1.29, 1.82) is 0 Å². The molecule has 0 spiro atoms. The van der Waals surface area contributed by atoms with Crippen molar-refractivity contribution in [3.8, 4) is 11.5 Å². The minimum absolute atomic E-state index is 0.231. The maximum atomic E-state index is 5.91. The number of hydrogen-bond donors (Lipinski definition) is 0. The van der Waals surface area contributed by atoms with Crippen LogP contribution in [0.3, 0.4) is 0 Å². The van der Waals surface area contributed by atoms with Gasteiger partial charge in [0.05, 0.1) is 0 Å². The lowest BCUT2D eigenvalue weighted by Gasteiger charge is -2.06. The Bertz CT molecular complexity index is 459. The largest absolute Gasteiger partial charge is 0.456 e. The van der Waals surface area contributed by atoms with E-state index >= 15 is 0 Å². The van der Waals surface area contributed by atoms with Crippen LogP contribution in [0.2, 0.25) is 10.2 Å². The number of nitrogens with zero attached hydrogens (tertiary/aromatic N) is 1. The lowest BCUT2D eigenvalue weighted by Crippen LogP contribution is -1.86. The molecule has 0 aliphatic rings. The topological polar surface area (TPSA) is 22.1 Å². The van der Waals surface area contributed by atoms with E-state index in [2.05, 4.69) is 11.1 Å². The quantitative estimate of drug-likeness (QED) is 0.739. The van der Waals surface area contributed by atoms with Crippen LogP contribution in [0, 0.1) is 6.07 Å². The summed E-state index contributed by atoms with van der Waals surface area (Å²) in [5.74, 6) is 1.14. The zero-order valence-corrected chi connectivity index (χ0v) is 9.09. The predicted octanol–water partition coefficient (Wildman–Crippen LogP) is 3.98. The third-order valence-electron chi connectivity index (χ3n) is 1.72. The average Bonchev–Trinajstić information content (AvgIpc) is 2.26. The van der Waals surface area contributed by atoms with Crippen LogP contribution < -0.4 is 4.74 Å². The molecule has 0 unspecified atom stereocenters. The van der Waals surface area contributed by atoms with E-state index < -0.39 is 0 Å². The highest BCUT2D eigenvalue weighted by molar-refractivity contribution is 6.42. The Labute approximate surface area is 97.4 Å². The van der Waals surface area contributed by atoms with Gasteiger partial charge in [-0.15, -0.1) is 0 Å². The van der Waals surface area contributed by atoms with Crippen LogP contribution in [-0.2, 0) is 0 Å². The fraction of sp³-hybridized carbons (Fsp3) is 0. The molecule has 0 saturated carbocycles. The summed E-state index contributed by atoms with van der Waals surface area (Å²) >= 11 is 11.7. The van der Waals surface area contributed by atoms with Crippen molar-refractivity contribution in [2.75, 3.05) is 0 Å². The minimum Gasteiger partial charge on any atom is -0.456 e. The summed E-state index contributed by atoms with van der Waals surface area (Å²) in [6.07, 6.45) is 1.54. The molecule has 1 radical (unpaired) electrons. The zero-order valence-electron chi connectivity index (χ0n) is 7.58. The molecule has 1 heterocycles. The van der Waals surface area contributed by atoms with Crippen LogP contribution in [0.5, 0.6) is 11.5 Å². The van der Waals surface area contributed by atoms with Gasteiger partial charge < -0.3 is 4.74 Å². The van der Waals surface area contributed by atoms with Crippen molar-refractivity contribution in [1.82, 2.24) is 4.98 Å². The maximum Gasteiger partial charge on any atom is 0.151 e. The molecule has 2 nitrogen and oxygen atoms in total. The van der Waals surface area contributed by atoms with Gasteiger partial charge in [-0.25, -0.2) is 4.98 Å². The Hall–Kier alpha value is -1.25. The van der Waals surface area contributed by atoms with Gasteiger partial charge >= 0.3 is 0 Å². The van der Waals surface area contributed by atoms with Gasteiger partial charge in [0.15, 0.2) is 10.9 Å². The lowest BCUT2D eigenvalue weighted by atomic mass is 10.3. The molecule has 0 saturated heterocycles. The summed E-state index contributed by atoms with van der Waals surface area (Å²) in [6.45, 7) is 0. The van der Waals surface area contributed by atoms with Gasteiger partial charge in [-0.3, -0.25) is 0 Å². The van der Waals surface area contributed by atoms with Crippen molar-refractivity contribution in [3.63, 3.8) is 0 Å². The molecule has 0 bridgehead atoms. The van der Waals surface area contributed by atoms with Crippen LogP contribution >= 0.6 is 23.2 Å². The first-order valence-electron chi connectivity index (χ1n) is 4.21. The van der Waals surface area contributed by atoms with E-state index in [0.717, 1.165) is 0 Å². The first kappa shape index (κ1) is 10.3. The first-order chi connectivity index (χ1) is 7.27. The summed E-state index contributed by atoms with van der Waals surface area (Å²) in [5, 5.41) is 0.539. The predicted molar refractivity (Wildman–Crippen MR) is 59.6 cm³/mol. The Morgan fingerprint density at radius 2 is 2.13 bits per heavy atom. The van der Waals surface area contributed by atoms with E-state index in [4.69, 9.17) is 27.9 Å². The molecule has 0 atom stereocenters. The fourth-order valence-electron chi connectivity index (χ4n) is 1.05. The summed E-state index contributed by atoms with van der Waals surface area (Å²) in [5.41, 5.74) is 0. The highest BCUT2D eigenvalue weighted by atomic mass is 35.5. The van der Waals surface area contributed by atoms with Gasteiger partial charge in [-0.05, 0) is 18.2 Å². The molecule has 15 heavy (non-hydrogen) atoms. The third-order valence-corrected chi connectivity index (χ3v) is 2.47. The van der Waals surface area contributed by atoms with Crippen molar-refractivity contribution in [3.05, 3.63) is 52.8 Å². The zero-order chi connectivity index (χ0) is 10.7. The molecule has 0 N–H and O–H groups in total. The second-order valence-corrected chi connectivity index (χ2v) is 3.49. The Balaban J connectivity index is 2.29. The summed E-state index contributed by atoms with van der Waals surface area (Å²) in [6, 6.07) is 11.7. The van der Waals surface area contributed by atoms with Crippen molar-refractivity contribution >= 4 is 23.2 Å². The van der Waals surface area contributed by atoms with E-state index in [9.17, 15) is 0 Å². The van der Waals surface area contributed by atoms with E-state index in [0.29, 0.717) is 16.5 Å². The molecular weight excluding hydrogens is 233 g/mol. The SMILES string of the molecule is Clc1nccc(Oc2c[c]ccc2)c1Cl. The molecule has 2 rings (SSSR count). The molecule has 2 aromatic rings. The van der Waals surface area contributed by atoms with Crippen LogP contribution in [0.1, 0.15) is 0 Å². The number of pyridine rings is 1. The average molecular weight is 239 g/mol. The highest BCUT2D eigenvalue weighted by Gasteiger charge is 2.06. The van der Waals surface area contributed by atoms with Gasteiger partial charge in [-0.1, -0.05) is 35.3 Å². The van der Waals surface area contributed by atoms with Crippen molar-refractivity contribution in [2.24, 2.45) is 0 Å². The standard InChI is InChI=1S/C11H6Cl2NO/c12-10-9(6-7-14-11(10)13)15-8-4-2-1-3-5-8/h1-2,4-7H. The molecule has 75 valence electrons. The number of halogens is 2. The summed E-state index contributed by atoms with van der Waals surface area (Å²) in [4.78, 5) is 3.83. The number of benzene rings is 1. The van der Waals surface area contributed by atoms with Crippen molar-refractivity contribution < 1.29 is 4.74 Å². The van der Waals surface area contributed by atoms with Crippen LogP contribution in [0.4, 0.5) is 0 Å². The van der Waals surface area contributed by atoms with Gasteiger partial charge in [0.2, 0.25) is 0 Å². The second kappa shape index (κ2) is 4.51. The fourth-order valence-corrected chi connectivity index (χ4v) is 1.35. The van der Waals surface area contributed by atoms with Gasteiger partial charge in [0.25, 0.3) is 0 Å². The number of ether oxygens (including phenoxy) is 1. The van der Waals surface area contributed by atoms with Crippen LogP contribution in [0.25, 0.3) is 0 Å². The number of rotatable bonds is 2. The smallest absolute Gasteiger partial charge is 0.151 e. The first-order valence-corrected chi connectivity index (χ1v) is 4.97. The molecule has 0 amide bonds. The summed E-state index contributed by atoms with van der Waals surface area (Å²) < 4.78 is 5.50. The van der Waals surface area contributed by atoms with Gasteiger partial charge in [-0.2, -0.15) is 0 Å². The Morgan fingerprint density at radius 1 is 1.27 bits per heavy atom. The van der Waals surface area contributed by atoms with Crippen LogP contribution in [-0.4, -0.2) is 4.98 Å². The number of hydrogen-bond acceptors (Lipinski definition) is 2. The van der Waals surface area contributed by atoms with E-state index in [1.807, 2.05) is 6.07 Å². The highest BCUT2D eigenvalue weighted by Crippen LogP contribution is 2.32. The van der Waals surface area contributed by atoms with Crippen molar-refractivity contribution in [2.45, 2.75) is 0 Å². The molecule has 4 heteroatoms. The Morgan fingerprint density at radius 3 is 2.87 bits per heavy atom. The van der Waals surface area contributed by atoms with Gasteiger partial charge in [0, 0.05) is 12.3 Å². The lowest BCUT2D eigenvalue weighted by molar-refractivity contribution is 0.482. The van der Waals surface area contributed by atoms with E-state index in [-0.39, 0.29) is 5.15 Å². The molecule has 0 aliphatic carbocycles. The Kier molecular flexibility index (Phi) is 3.09. The third kappa shape index (κ3) is 2.41. The second-order valence-electron chi connectivity index (χ2n) is 2.76. The molecule has 0 aliphatic heterocycles.